The van der Waals surface area contributed by atoms with E-state index in [4.69, 9.17) is 20.9 Å². The summed E-state index contributed by atoms with van der Waals surface area (Å²) in [6.45, 7) is 3.94. The smallest absolute Gasteiger partial charge is 0.413 e. The normalized spacial score (nSPS) is 12.4. The van der Waals surface area contributed by atoms with Crippen molar-refractivity contribution in [1.29, 1.82) is 0 Å². The van der Waals surface area contributed by atoms with Gasteiger partial charge in [0.05, 0.1) is 19.6 Å². The Morgan fingerprint density at radius 2 is 1.83 bits per heavy atom. The van der Waals surface area contributed by atoms with Crippen molar-refractivity contribution in [1.82, 2.24) is 10.6 Å². The second-order valence-corrected chi connectivity index (χ2v) is 10.1. The molecule has 0 saturated carbocycles. The van der Waals surface area contributed by atoms with E-state index >= 15 is 0 Å². The van der Waals surface area contributed by atoms with Crippen LogP contribution in [-0.4, -0.2) is 66.2 Å². The van der Waals surface area contributed by atoms with Gasteiger partial charge in [0, 0.05) is 25.9 Å². The van der Waals surface area contributed by atoms with Crippen molar-refractivity contribution in [2.75, 3.05) is 20.3 Å². The zero-order valence-corrected chi connectivity index (χ0v) is 24.6. The number of nitrogens with zero attached hydrogens (tertiary/aromatic N) is 1. The Labute approximate surface area is 246 Å². The van der Waals surface area contributed by atoms with Gasteiger partial charge < -0.3 is 41.8 Å². The van der Waals surface area contributed by atoms with E-state index in [-0.39, 0.29) is 42.9 Å². The van der Waals surface area contributed by atoms with Crippen LogP contribution >= 0.6 is 0 Å². The molecule has 0 heterocycles. The summed E-state index contributed by atoms with van der Waals surface area (Å²) < 4.78 is 10.6. The zero-order valence-electron chi connectivity index (χ0n) is 24.6. The SMILES string of the molecule is COc1cc(CNC(=O)CCCC/C=C/C(C)C)ccc1OC(=O)N[C@@H](CO)C(=O)C[C@@H](CCCN=C(N)N)C(=O)O. The lowest BCUT2D eigenvalue weighted by Gasteiger charge is -2.18. The fourth-order valence-electron chi connectivity index (χ4n) is 3.85. The number of ketones is 1. The molecular formula is C29H45N5O8. The largest absolute Gasteiger partial charge is 0.493 e. The predicted octanol–water partition coefficient (Wildman–Crippen LogP) is 2.25. The van der Waals surface area contributed by atoms with Crippen LogP contribution in [0.15, 0.2) is 35.3 Å². The number of rotatable bonds is 20. The highest BCUT2D eigenvalue weighted by Gasteiger charge is 2.27. The molecule has 0 aliphatic heterocycles. The number of amides is 2. The highest BCUT2D eigenvalue weighted by atomic mass is 16.6. The summed E-state index contributed by atoms with van der Waals surface area (Å²) in [6, 6.07) is 3.36. The second-order valence-electron chi connectivity index (χ2n) is 10.1. The fraction of sp³-hybridized carbons (Fsp3) is 0.552. The number of unbranched alkanes of at least 4 members (excludes halogenated alkanes) is 2. The molecule has 0 aliphatic rings. The van der Waals surface area contributed by atoms with Crippen molar-refractivity contribution in [3.05, 3.63) is 35.9 Å². The summed E-state index contributed by atoms with van der Waals surface area (Å²) in [4.78, 5) is 52.6. The highest BCUT2D eigenvalue weighted by Crippen LogP contribution is 2.28. The lowest BCUT2D eigenvalue weighted by molar-refractivity contribution is -0.144. The summed E-state index contributed by atoms with van der Waals surface area (Å²) in [5.74, 6) is -2.32. The topological polar surface area (TPSA) is 216 Å². The maximum Gasteiger partial charge on any atom is 0.413 e. The van der Waals surface area contributed by atoms with Crippen molar-refractivity contribution < 1.29 is 38.9 Å². The Morgan fingerprint density at radius 3 is 2.45 bits per heavy atom. The van der Waals surface area contributed by atoms with Crippen molar-refractivity contribution in [3.63, 3.8) is 0 Å². The number of nitrogens with two attached hydrogens (primary N) is 2. The Kier molecular flexibility index (Phi) is 17.0. The molecule has 2 amide bonds. The molecule has 2 atom stereocenters. The molecule has 0 aromatic heterocycles. The Morgan fingerprint density at radius 1 is 1.10 bits per heavy atom. The average Bonchev–Trinajstić information content (AvgIpc) is 2.93. The molecule has 8 N–H and O–H groups in total. The van der Waals surface area contributed by atoms with Gasteiger partial charge in [0.15, 0.2) is 23.2 Å². The molecule has 0 unspecified atom stereocenters. The van der Waals surface area contributed by atoms with Gasteiger partial charge in [0.25, 0.3) is 0 Å². The monoisotopic (exact) mass is 591 g/mol. The molecule has 1 rings (SSSR count). The number of hydrogen-bond acceptors (Lipinski definition) is 8. The first-order chi connectivity index (χ1) is 20.0. The van der Waals surface area contributed by atoms with E-state index in [9.17, 15) is 29.4 Å². The van der Waals surface area contributed by atoms with Crippen molar-refractivity contribution in [3.8, 4) is 11.5 Å². The third-order valence-electron chi connectivity index (χ3n) is 6.13. The number of carbonyl (C=O) groups is 4. The number of aliphatic hydroxyl groups excluding tert-OH is 1. The molecule has 0 spiro atoms. The van der Waals surface area contributed by atoms with E-state index in [1.807, 2.05) is 0 Å². The van der Waals surface area contributed by atoms with Crippen LogP contribution in [0.3, 0.4) is 0 Å². The van der Waals surface area contributed by atoms with Crippen molar-refractivity contribution >= 4 is 29.7 Å². The first kappa shape index (κ1) is 35.9. The van der Waals surface area contributed by atoms with E-state index in [1.54, 1.807) is 12.1 Å². The Bertz CT molecular complexity index is 1090. The first-order valence-electron chi connectivity index (χ1n) is 14.0. The van der Waals surface area contributed by atoms with Gasteiger partial charge in [-0.1, -0.05) is 32.1 Å². The number of carboxylic acid groups (broad SMARTS) is 1. The van der Waals surface area contributed by atoms with Crippen LogP contribution in [0.5, 0.6) is 11.5 Å². The number of guanidine groups is 1. The first-order valence-corrected chi connectivity index (χ1v) is 14.0. The maximum atomic E-state index is 12.6. The van der Waals surface area contributed by atoms with Crippen molar-refractivity contribution in [2.45, 2.75) is 71.4 Å². The van der Waals surface area contributed by atoms with Gasteiger partial charge in [-0.15, -0.1) is 0 Å². The van der Waals surface area contributed by atoms with Crippen LogP contribution in [0.1, 0.15) is 64.4 Å². The minimum absolute atomic E-state index is 0.0480. The van der Waals surface area contributed by atoms with Gasteiger partial charge in [0.2, 0.25) is 5.91 Å². The lowest BCUT2D eigenvalue weighted by atomic mass is 9.94. The standard InChI is InChI=1S/C29H45N5O8/c1-19(2)9-6-4-5-7-11-26(37)33-17-20-12-13-24(25(15-20)41-3)42-29(40)34-22(18-35)23(36)16-21(27(38)39)10-8-14-32-28(30)31/h6,9,12-13,15,19,21-22,35H,4-5,7-8,10-11,14,16-18H2,1-3H3,(H,33,37)(H,34,40)(H,38,39)(H4,30,31,32)/b9-6+/t21-,22+/m1/s1. The predicted molar refractivity (Wildman–Crippen MR) is 158 cm³/mol. The van der Waals surface area contributed by atoms with E-state index in [0.29, 0.717) is 18.8 Å². The van der Waals surface area contributed by atoms with Crippen LogP contribution in [0.2, 0.25) is 0 Å². The molecule has 13 heteroatoms. The van der Waals surface area contributed by atoms with Crippen LogP contribution in [0.4, 0.5) is 4.79 Å². The number of aliphatic hydroxyl groups is 1. The number of nitrogens with one attached hydrogen (secondary N) is 2. The molecule has 1 aromatic rings. The fourth-order valence-corrected chi connectivity index (χ4v) is 3.85. The minimum Gasteiger partial charge on any atom is -0.493 e. The Balaban J connectivity index is 2.63. The number of aliphatic imine (C=N–C) groups is 1. The quantitative estimate of drug-likeness (QED) is 0.0562. The summed E-state index contributed by atoms with van der Waals surface area (Å²) in [7, 11) is 1.38. The average molecular weight is 592 g/mol. The summed E-state index contributed by atoms with van der Waals surface area (Å²) in [6.07, 6.45) is 6.36. The maximum absolute atomic E-state index is 12.6. The third kappa shape index (κ3) is 15.0. The summed E-state index contributed by atoms with van der Waals surface area (Å²) in [5, 5.41) is 24.2. The molecule has 42 heavy (non-hydrogen) atoms. The zero-order chi connectivity index (χ0) is 31.5. The number of carboxylic acids is 1. The molecule has 0 bridgehead atoms. The van der Waals surface area contributed by atoms with Gasteiger partial charge in [0.1, 0.15) is 6.04 Å². The number of methoxy groups -OCH3 is 1. The van der Waals surface area contributed by atoms with Gasteiger partial charge in [-0.25, -0.2) is 4.79 Å². The number of benzene rings is 1. The summed E-state index contributed by atoms with van der Waals surface area (Å²) in [5.41, 5.74) is 11.2. The van der Waals surface area contributed by atoms with E-state index in [0.717, 1.165) is 24.8 Å². The van der Waals surface area contributed by atoms with E-state index in [1.165, 1.54) is 13.2 Å². The van der Waals surface area contributed by atoms with Crippen LogP contribution < -0.4 is 31.6 Å². The van der Waals surface area contributed by atoms with Crippen LogP contribution in [0, 0.1) is 11.8 Å². The minimum atomic E-state index is -1.37. The molecule has 1 aromatic carbocycles. The van der Waals surface area contributed by atoms with E-state index in [2.05, 4.69) is 41.6 Å². The highest BCUT2D eigenvalue weighted by molar-refractivity contribution is 5.90. The molecular weight excluding hydrogens is 546 g/mol. The van der Waals surface area contributed by atoms with E-state index < -0.39 is 42.8 Å². The molecule has 13 nitrogen and oxygen atoms in total. The molecule has 0 radical (unpaired) electrons. The second kappa shape index (κ2) is 19.9. The summed E-state index contributed by atoms with van der Waals surface area (Å²) >= 11 is 0. The third-order valence-corrected chi connectivity index (χ3v) is 6.13. The number of allylic oxidation sites excluding steroid dienone is 2. The molecule has 0 saturated heterocycles. The Hall–Kier alpha value is -4.13. The van der Waals surface area contributed by atoms with Crippen molar-refractivity contribution in [2.24, 2.45) is 28.3 Å². The number of aliphatic carboxylic acids is 1. The molecule has 0 fully saturated rings. The van der Waals surface area contributed by atoms with Gasteiger partial charge in [-0.2, -0.15) is 0 Å². The molecule has 0 aliphatic carbocycles. The van der Waals surface area contributed by atoms with Crippen LogP contribution in [-0.2, 0) is 20.9 Å². The number of ether oxygens (including phenoxy) is 2. The van der Waals surface area contributed by atoms with Gasteiger partial charge in [-0.05, 0) is 55.7 Å². The van der Waals surface area contributed by atoms with Gasteiger partial charge in [-0.3, -0.25) is 19.4 Å². The molecule has 234 valence electrons. The van der Waals surface area contributed by atoms with Crippen LogP contribution in [0.25, 0.3) is 0 Å². The lowest BCUT2D eigenvalue weighted by Crippen LogP contribution is -2.45. The van der Waals surface area contributed by atoms with Gasteiger partial charge >= 0.3 is 12.1 Å². The number of hydrogen-bond donors (Lipinski definition) is 6. The number of Topliss-reactive ketones (excluding diaryl/α,β-unsaturated/α-hetero) is 1. The number of carbonyl (C=O) groups excluding carboxylic acids is 3.